The van der Waals surface area contributed by atoms with E-state index in [2.05, 4.69) is 49.2 Å². The molecule has 1 atom stereocenters. The average Bonchev–Trinajstić information content (AvgIpc) is 2.78. The Morgan fingerprint density at radius 1 is 0.931 bits per heavy atom. The Kier molecular flexibility index (Phi) is 6.99. The van der Waals surface area contributed by atoms with Gasteiger partial charge in [-0.3, -0.25) is 0 Å². The number of nitrogens with zero attached hydrogens (tertiary/aromatic N) is 1. The molecule has 0 saturated heterocycles. The maximum Gasteiger partial charge on any atom is 0.119 e. The van der Waals surface area contributed by atoms with Gasteiger partial charge >= 0.3 is 0 Å². The van der Waals surface area contributed by atoms with Gasteiger partial charge in [0, 0.05) is 12.3 Å². The monoisotopic (exact) mass is 392 g/mol. The van der Waals surface area contributed by atoms with E-state index in [1.165, 1.54) is 16.7 Å². The lowest BCUT2D eigenvalue weighted by molar-refractivity contribution is 0.299. The number of aliphatic hydroxyl groups excluding tert-OH is 1. The molecule has 2 aromatic rings. The van der Waals surface area contributed by atoms with Gasteiger partial charge in [0.05, 0.1) is 26.5 Å². The van der Waals surface area contributed by atoms with Crippen LogP contribution in [0.1, 0.15) is 38.7 Å². The number of hydrogen-bond acceptors (Lipinski definition) is 4. The first-order valence-corrected chi connectivity index (χ1v) is 10.2. The molecule has 0 aliphatic carbocycles. The Morgan fingerprint density at radius 3 is 2.00 bits per heavy atom. The topological polar surface area (TPSA) is 41.9 Å². The highest BCUT2D eigenvalue weighted by Gasteiger charge is 2.30. The van der Waals surface area contributed by atoms with E-state index in [1.54, 1.807) is 14.2 Å². The second-order valence-corrected chi connectivity index (χ2v) is 7.03. The van der Waals surface area contributed by atoms with E-state index >= 15 is 0 Å². The zero-order valence-electron chi connectivity index (χ0n) is 17.7. The van der Waals surface area contributed by atoms with Crippen molar-refractivity contribution in [2.75, 3.05) is 25.7 Å². The third-order valence-electron chi connectivity index (χ3n) is 5.44. The second kappa shape index (κ2) is 9.66. The summed E-state index contributed by atoms with van der Waals surface area (Å²) in [4.78, 5) is 2.21. The van der Waals surface area contributed by atoms with Gasteiger partial charge in [0.1, 0.15) is 11.5 Å². The standard InChI is InChI=1S/C25H30NO3/c1-5-23-19(15-16-27)17-26(20-9-13-22(29-4)14-10-20)24(6-2)25(23)18-7-11-21(28-3)12-8-18/h7-14,24,27H,5-6,15-16H2,1-4H3. The molecule has 0 spiro atoms. The van der Waals surface area contributed by atoms with Crippen molar-refractivity contribution < 1.29 is 14.6 Å². The van der Waals surface area contributed by atoms with E-state index in [4.69, 9.17) is 9.47 Å². The molecule has 1 heterocycles. The Bertz CT molecular complexity index is 866. The zero-order valence-corrected chi connectivity index (χ0v) is 17.7. The minimum Gasteiger partial charge on any atom is -0.497 e. The summed E-state index contributed by atoms with van der Waals surface area (Å²) >= 11 is 0. The predicted octanol–water partition coefficient (Wildman–Crippen LogP) is 5.24. The lowest BCUT2D eigenvalue weighted by Gasteiger charge is -2.38. The fourth-order valence-corrected chi connectivity index (χ4v) is 4.02. The molecule has 1 aliphatic rings. The summed E-state index contributed by atoms with van der Waals surface area (Å²) in [6.45, 7) is 4.49. The molecule has 0 fully saturated rings. The number of allylic oxidation sites excluding steroid dienone is 1. The van der Waals surface area contributed by atoms with Crippen molar-refractivity contribution >= 4 is 11.3 Å². The van der Waals surface area contributed by atoms with Crippen molar-refractivity contribution in [3.8, 4) is 11.5 Å². The molecule has 1 aliphatic heterocycles. The molecule has 1 N–H and O–H groups in total. The van der Waals surface area contributed by atoms with Crippen molar-refractivity contribution in [2.45, 2.75) is 39.2 Å². The minimum absolute atomic E-state index is 0.106. The highest BCUT2D eigenvalue weighted by atomic mass is 16.5. The van der Waals surface area contributed by atoms with Crippen LogP contribution in [0.3, 0.4) is 0 Å². The van der Waals surface area contributed by atoms with Crippen LogP contribution in [0, 0.1) is 6.20 Å². The summed E-state index contributed by atoms with van der Waals surface area (Å²) in [5.74, 6) is 1.68. The molecule has 3 rings (SSSR count). The van der Waals surface area contributed by atoms with Gasteiger partial charge < -0.3 is 19.5 Å². The van der Waals surface area contributed by atoms with Crippen LogP contribution in [0.25, 0.3) is 5.57 Å². The first-order valence-electron chi connectivity index (χ1n) is 10.2. The molecule has 2 aromatic carbocycles. The highest BCUT2D eigenvalue weighted by molar-refractivity contribution is 5.81. The van der Waals surface area contributed by atoms with Crippen LogP contribution in [-0.2, 0) is 0 Å². The van der Waals surface area contributed by atoms with Crippen molar-refractivity contribution in [3.63, 3.8) is 0 Å². The molecular formula is C25H30NO3. The van der Waals surface area contributed by atoms with E-state index in [9.17, 15) is 5.11 Å². The van der Waals surface area contributed by atoms with E-state index in [1.807, 2.05) is 24.3 Å². The fraction of sp³-hybridized carbons (Fsp3) is 0.360. The van der Waals surface area contributed by atoms with Crippen LogP contribution in [0.15, 0.2) is 59.7 Å². The first-order chi connectivity index (χ1) is 14.2. The Morgan fingerprint density at radius 2 is 1.52 bits per heavy atom. The van der Waals surface area contributed by atoms with Gasteiger partial charge in [0.15, 0.2) is 0 Å². The van der Waals surface area contributed by atoms with Crippen LogP contribution < -0.4 is 14.4 Å². The summed E-state index contributed by atoms with van der Waals surface area (Å²) in [6.07, 6.45) is 6.03. The second-order valence-electron chi connectivity index (χ2n) is 7.03. The van der Waals surface area contributed by atoms with Crippen LogP contribution >= 0.6 is 0 Å². The van der Waals surface area contributed by atoms with Gasteiger partial charge in [-0.15, -0.1) is 0 Å². The van der Waals surface area contributed by atoms with Gasteiger partial charge in [0.2, 0.25) is 0 Å². The Labute approximate surface area is 174 Å². The van der Waals surface area contributed by atoms with E-state index in [0.29, 0.717) is 6.42 Å². The highest BCUT2D eigenvalue weighted by Crippen LogP contribution is 2.40. The first kappa shape index (κ1) is 21.0. The smallest absolute Gasteiger partial charge is 0.119 e. The fourth-order valence-electron chi connectivity index (χ4n) is 4.02. The normalized spacial score (nSPS) is 16.7. The van der Waals surface area contributed by atoms with E-state index in [-0.39, 0.29) is 12.6 Å². The summed E-state index contributed by atoms with van der Waals surface area (Å²) in [6, 6.07) is 16.5. The Balaban J connectivity index is 2.13. The maximum atomic E-state index is 9.67. The third kappa shape index (κ3) is 4.33. The molecule has 4 nitrogen and oxygen atoms in total. The van der Waals surface area contributed by atoms with Gasteiger partial charge in [-0.25, -0.2) is 0 Å². The SMILES string of the molecule is CCC1=C(c2ccc(OC)cc2)C(CC)N(c2ccc(OC)cc2)[C]=C1CCO. The van der Waals surface area contributed by atoms with Crippen LogP contribution in [0.2, 0.25) is 0 Å². The number of aliphatic hydroxyl groups is 1. The summed E-state index contributed by atoms with van der Waals surface area (Å²) < 4.78 is 10.7. The Hall–Kier alpha value is -2.72. The maximum absolute atomic E-state index is 9.67. The lowest BCUT2D eigenvalue weighted by atomic mass is 9.83. The molecule has 1 radical (unpaired) electrons. The van der Waals surface area contributed by atoms with E-state index in [0.717, 1.165) is 35.6 Å². The van der Waals surface area contributed by atoms with Crippen LogP contribution in [0.5, 0.6) is 11.5 Å². The summed E-state index contributed by atoms with van der Waals surface area (Å²) in [5, 5.41) is 9.67. The van der Waals surface area contributed by atoms with Gasteiger partial charge in [-0.1, -0.05) is 26.0 Å². The van der Waals surface area contributed by atoms with E-state index < -0.39 is 0 Å². The number of benzene rings is 2. The molecule has 0 aromatic heterocycles. The van der Waals surface area contributed by atoms with Gasteiger partial charge in [-0.2, -0.15) is 0 Å². The van der Waals surface area contributed by atoms with Crippen molar-refractivity contribution in [3.05, 3.63) is 71.4 Å². The quantitative estimate of drug-likeness (QED) is 0.667. The number of hydrogen-bond donors (Lipinski definition) is 1. The number of methoxy groups -OCH3 is 2. The van der Waals surface area contributed by atoms with Crippen LogP contribution in [0.4, 0.5) is 5.69 Å². The molecule has 0 bridgehead atoms. The van der Waals surface area contributed by atoms with Crippen LogP contribution in [-0.4, -0.2) is 32.0 Å². The lowest BCUT2D eigenvalue weighted by Crippen LogP contribution is -2.36. The van der Waals surface area contributed by atoms with Gasteiger partial charge in [0.25, 0.3) is 0 Å². The van der Waals surface area contributed by atoms with Crippen molar-refractivity contribution in [1.29, 1.82) is 0 Å². The minimum atomic E-state index is 0.106. The molecule has 153 valence electrons. The summed E-state index contributed by atoms with van der Waals surface area (Å²) in [5.41, 5.74) is 5.90. The number of ether oxygens (including phenoxy) is 2. The zero-order chi connectivity index (χ0) is 20.8. The predicted molar refractivity (Wildman–Crippen MR) is 118 cm³/mol. The van der Waals surface area contributed by atoms with Crippen molar-refractivity contribution in [2.24, 2.45) is 0 Å². The summed E-state index contributed by atoms with van der Waals surface area (Å²) in [7, 11) is 3.36. The van der Waals surface area contributed by atoms with Gasteiger partial charge in [-0.05, 0) is 77.9 Å². The molecule has 4 heteroatoms. The van der Waals surface area contributed by atoms with Crippen molar-refractivity contribution in [1.82, 2.24) is 0 Å². The molecular weight excluding hydrogens is 362 g/mol. The molecule has 1 unspecified atom stereocenters. The molecule has 0 amide bonds. The number of rotatable bonds is 8. The molecule has 29 heavy (non-hydrogen) atoms. The third-order valence-corrected chi connectivity index (χ3v) is 5.44. The average molecular weight is 393 g/mol. The molecule has 0 saturated carbocycles. The largest absolute Gasteiger partial charge is 0.497 e. The number of anilines is 1.